The third-order valence-corrected chi connectivity index (χ3v) is 0.723. The topological polar surface area (TPSA) is 46.5 Å². The Hall–Kier alpha value is -0.440. The molecule has 0 saturated heterocycles. The lowest BCUT2D eigenvalue weighted by Crippen LogP contribution is -2.00. The van der Waals surface area contributed by atoms with Crippen molar-refractivity contribution in [2.75, 3.05) is 6.61 Å². The second-order valence-electron chi connectivity index (χ2n) is 1.47. The Morgan fingerprint density at radius 3 is 2.56 bits per heavy atom. The maximum Gasteiger partial charge on any atom is 0.505 e. The number of hydrogen-bond acceptors (Lipinski definition) is 2. The number of rotatable bonds is 3. The van der Waals surface area contributed by atoms with Crippen LogP contribution in [-0.4, -0.2) is 17.9 Å². The summed E-state index contributed by atoms with van der Waals surface area (Å²) < 4.78 is 4.20. The molecule has 0 aromatic carbocycles. The van der Waals surface area contributed by atoms with Crippen LogP contribution in [0.5, 0.6) is 0 Å². The summed E-state index contributed by atoms with van der Waals surface area (Å²) in [6, 6.07) is 0. The van der Waals surface area contributed by atoms with E-state index in [4.69, 9.17) is 5.11 Å². The molecule has 0 radical (unpaired) electrons. The van der Waals surface area contributed by atoms with Gasteiger partial charge in [-0.05, 0) is 6.42 Å². The molecule has 0 fully saturated rings. The molecule has 0 bridgehead atoms. The third kappa shape index (κ3) is 11.2. The van der Waals surface area contributed by atoms with Gasteiger partial charge in [-0.25, -0.2) is 4.79 Å². The molecule has 0 aliphatic rings. The summed E-state index contributed by atoms with van der Waals surface area (Å²) in [5.41, 5.74) is 0. The minimum Gasteiger partial charge on any atom is -0.450 e. The van der Waals surface area contributed by atoms with Crippen LogP contribution >= 0.6 is 12.4 Å². The Morgan fingerprint density at radius 1 is 1.67 bits per heavy atom. The van der Waals surface area contributed by atoms with Gasteiger partial charge >= 0.3 is 6.16 Å². The molecular weight excluding hydrogens is 144 g/mol. The van der Waals surface area contributed by atoms with E-state index >= 15 is 0 Å². The van der Waals surface area contributed by atoms with Gasteiger partial charge in [0.05, 0.1) is 6.61 Å². The fraction of sp³-hybridized carbons (Fsp3) is 0.800. The summed E-state index contributed by atoms with van der Waals surface area (Å²) in [7, 11) is 0. The lowest BCUT2D eigenvalue weighted by Gasteiger charge is -1.94. The summed E-state index contributed by atoms with van der Waals surface area (Å²) in [6.45, 7) is 2.30. The van der Waals surface area contributed by atoms with Crippen LogP contribution in [0.25, 0.3) is 0 Å². The molecule has 0 aliphatic carbocycles. The maximum atomic E-state index is 9.65. The smallest absolute Gasteiger partial charge is 0.450 e. The Bertz CT molecular complexity index is 74.6. The molecule has 0 saturated carbocycles. The van der Waals surface area contributed by atoms with E-state index in [2.05, 4.69) is 4.74 Å². The van der Waals surface area contributed by atoms with Gasteiger partial charge in [-0.1, -0.05) is 13.3 Å². The fourth-order valence-corrected chi connectivity index (χ4v) is 0.304. The van der Waals surface area contributed by atoms with Crippen molar-refractivity contribution in [1.29, 1.82) is 0 Å². The minimum absolute atomic E-state index is 0. The zero-order valence-corrected chi connectivity index (χ0v) is 6.11. The monoisotopic (exact) mass is 154 g/mol. The van der Waals surface area contributed by atoms with Crippen molar-refractivity contribution in [2.45, 2.75) is 19.8 Å². The van der Waals surface area contributed by atoms with Crippen LogP contribution < -0.4 is 0 Å². The molecule has 0 amide bonds. The van der Waals surface area contributed by atoms with Gasteiger partial charge in [0.25, 0.3) is 0 Å². The van der Waals surface area contributed by atoms with Crippen molar-refractivity contribution in [3.63, 3.8) is 0 Å². The minimum atomic E-state index is -1.18. The number of carboxylic acid groups (broad SMARTS) is 1. The third-order valence-electron chi connectivity index (χ3n) is 0.723. The Balaban J connectivity index is 0. The number of hydrogen-bond donors (Lipinski definition) is 1. The first kappa shape index (κ1) is 11.4. The lowest BCUT2D eigenvalue weighted by atomic mass is 10.4. The first-order valence-corrected chi connectivity index (χ1v) is 2.63. The summed E-state index contributed by atoms with van der Waals surface area (Å²) >= 11 is 0. The zero-order valence-electron chi connectivity index (χ0n) is 5.29. The van der Waals surface area contributed by atoms with Crippen molar-refractivity contribution < 1.29 is 14.6 Å². The molecule has 0 unspecified atom stereocenters. The van der Waals surface area contributed by atoms with Crippen molar-refractivity contribution in [2.24, 2.45) is 0 Å². The van der Waals surface area contributed by atoms with Crippen LogP contribution in [0, 0.1) is 0 Å². The SMILES string of the molecule is CCCCOC(=O)O.Cl. The first-order chi connectivity index (χ1) is 3.77. The van der Waals surface area contributed by atoms with Crippen LogP contribution in [0.2, 0.25) is 0 Å². The molecular formula is C5H11ClO3. The highest BCUT2D eigenvalue weighted by Crippen LogP contribution is 1.86. The average Bonchev–Trinajstić information content (AvgIpc) is 1.66. The highest BCUT2D eigenvalue weighted by atomic mass is 35.5. The van der Waals surface area contributed by atoms with E-state index in [1.54, 1.807) is 0 Å². The molecule has 0 aliphatic heterocycles. The summed E-state index contributed by atoms with van der Waals surface area (Å²) in [5.74, 6) is 0. The number of ether oxygens (including phenoxy) is 1. The van der Waals surface area contributed by atoms with Gasteiger partial charge in [0.15, 0.2) is 0 Å². The van der Waals surface area contributed by atoms with Gasteiger partial charge in [-0.15, -0.1) is 12.4 Å². The van der Waals surface area contributed by atoms with E-state index in [1.165, 1.54) is 0 Å². The van der Waals surface area contributed by atoms with E-state index in [9.17, 15) is 4.79 Å². The molecule has 9 heavy (non-hydrogen) atoms. The molecule has 1 N–H and O–H groups in total. The second kappa shape index (κ2) is 7.56. The van der Waals surface area contributed by atoms with Crippen LogP contribution in [0.3, 0.4) is 0 Å². The summed E-state index contributed by atoms with van der Waals surface area (Å²) in [6.07, 6.45) is 0.595. The quantitative estimate of drug-likeness (QED) is 0.499. The molecule has 0 heterocycles. The van der Waals surface area contributed by atoms with Gasteiger partial charge in [0.2, 0.25) is 0 Å². The van der Waals surface area contributed by atoms with Gasteiger partial charge < -0.3 is 9.84 Å². The van der Waals surface area contributed by atoms with Gasteiger partial charge in [0, 0.05) is 0 Å². The van der Waals surface area contributed by atoms with Crippen molar-refractivity contribution >= 4 is 18.6 Å². The molecule has 4 heteroatoms. The number of unbranched alkanes of at least 4 members (excludes halogenated alkanes) is 1. The van der Waals surface area contributed by atoms with E-state index < -0.39 is 6.16 Å². The van der Waals surface area contributed by atoms with Crippen LogP contribution in [-0.2, 0) is 4.74 Å². The van der Waals surface area contributed by atoms with E-state index in [0.29, 0.717) is 6.61 Å². The van der Waals surface area contributed by atoms with Gasteiger partial charge in [-0.2, -0.15) is 0 Å². The van der Waals surface area contributed by atoms with E-state index in [0.717, 1.165) is 12.8 Å². The van der Waals surface area contributed by atoms with Gasteiger partial charge in [-0.3, -0.25) is 0 Å². The molecule has 0 aromatic rings. The summed E-state index contributed by atoms with van der Waals surface area (Å²) in [4.78, 5) is 9.65. The Kier molecular flexibility index (Phi) is 9.55. The molecule has 0 rings (SSSR count). The van der Waals surface area contributed by atoms with Gasteiger partial charge in [0.1, 0.15) is 0 Å². The van der Waals surface area contributed by atoms with Crippen LogP contribution in [0.1, 0.15) is 19.8 Å². The van der Waals surface area contributed by atoms with Crippen LogP contribution in [0.4, 0.5) is 4.79 Å². The number of halogens is 1. The fourth-order valence-electron chi connectivity index (χ4n) is 0.304. The second-order valence-corrected chi connectivity index (χ2v) is 1.47. The predicted octanol–water partition coefficient (Wildman–Crippen LogP) is 1.90. The van der Waals surface area contributed by atoms with Crippen molar-refractivity contribution in [3.8, 4) is 0 Å². The van der Waals surface area contributed by atoms with Crippen LogP contribution in [0.15, 0.2) is 0 Å². The highest BCUT2D eigenvalue weighted by Gasteiger charge is 1.91. The molecule has 0 atom stereocenters. The first-order valence-electron chi connectivity index (χ1n) is 2.63. The average molecular weight is 155 g/mol. The maximum absolute atomic E-state index is 9.65. The van der Waals surface area contributed by atoms with E-state index in [-0.39, 0.29) is 12.4 Å². The predicted molar refractivity (Wildman–Crippen MR) is 36.1 cm³/mol. The zero-order chi connectivity index (χ0) is 6.41. The lowest BCUT2D eigenvalue weighted by molar-refractivity contribution is 0.0905. The normalized spacial score (nSPS) is 7.67. The molecule has 0 aromatic heterocycles. The Labute approximate surface area is 60.4 Å². The highest BCUT2D eigenvalue weighted by molar-refractivity contribution is 5.85. The van der Waals surface area contributed by atoms with E-state index in [1.807, 2.05) is 6.92 Å². The molecule has 56 valence electrons. The van der Waals surface area contributed by atoms with Crippen molar-refractivity contribution in [3.05, 3.63) is 0 Å². The Morgan fingerprint density at radius 2 is 2.22 bits per heavy atom. The standard InChI is InChI=1S/C5H10O3.ClH/c1-2-3-4-8-5(6)7;/h2-4H2,1H3,(H,6,7);1H. The largest absolute Gasteiger partial charge is 0.505 e. The molecule has 3 nitrogen and oxygen atoms in total. The summed E-state index contributed by atoms with van der Waals surface area (Å²) in [5, 5.41) is 7.92. The van der Waals surface area contributed by atoms with Crippen molar-refractivity contribution in [1.82, 2.24) is 0 Å². The number of carbonyl (C=O) groups is 1. The molecule has 0 spiro atoms.